The summed E-state index contributed by atoms with van der Waals surface area (Å²) in [5.41, 5.74) is 2.53. The summed E-state index contributed by atoms with van der Waals surface area (Å²) in [5, 5.41) is 2.56. The quantitative estimate of drug-likeness (QED) is 0.745. The highest BCUT2D eigenvalue weighted by molar-refractivity contribution is 5.86. The van der Waals surface area contributed by atoms with Crippen LogP contribution >= 0.6 is 0 Å². The van der Waals surface area contributed by atoms with Crippen molar-refractivity contribution in [2.24, 2.45) is 5.92 Å². The van der Waals surface area contributed by atoms with E-state index in [0.29, 0.717) is 11.8 Å². The van der Waals surface area contributed by atoms with Crippen LogP contribution in [0.3, 0.4) is 0 Å². The predicted molar refractivity (Wildman–Crippen MR) is 69.2 cm³/mol. The largest absolute Gasteiger partial charge is 0.381 e. The van der Waals surface area contributed by atoms with Crippen LogP contribution in [0.4, 0.5) is 0 Å². The van der Waals surface area contributed by atoms with E-state index >= 15 is 0 Å². The fourth-order valence-electron chi connectivity index (χ4n) is 2.78. The Morgan fingerprint density at radius 2 is 2.06 bits per heavy atom. The third kappa shape index (κ3) is 1.73. The maximum atomic E-state index is 5.60. The van der Waals surface area contributed by atoms with Crippen LogP contribution in [0.2, 0.25) is 0 Å². The maximum absolute atomic E-state index is 5.60. The van der Waals surface area contributed by atoms with Crippen molar-refractivity contribution in [1.82, 2.24) is 4.98 Å². The lowest BCUT2D eigenvalue weighted by Gasteiger charge is -2.18. The smallest absolute Gasteiger partial charge is 0.0539 e. The third-order valence-corrected chi connectivity index (χ3v) is 3.77. The number of aryl methyl sites for hydroxylation is 1. The Morgan fingerprint density at radius 3 is 2.82 bits per heavy atom. The molecule has 2 heteroatoms. The normalized spacial score (nSPS) is 24.4. The summed E-state index contributed by atoms with van der Waals surface area (Å²) in [6, 6.07) is 8.50. The van der Waals surface area contributed by atoms with Crippen molar-refractivity contribution in [2.75, 3.05) is 13.2 Å². The topological polar surface area (TPSA) is 22.1 Å². The molecule has 2 nitrogen and oxygen atoms in total. The highest BCUT2D eigenvalue weighted by atomic mass is 16.5. The minimum Gasteiger partial charge on any atom is -0.381 e. The molecule has 1 aliphatic heterocycles. The average Bonchev–Trinajstić information content (AvgIpc) is 2.75. The van der Waals surface area contributed by atoms with Gasteiger partial charge >= 0.3 is 0 Å². The lowest BCUT2D eigenvalue weighted by atomic mass is 9.86. The minimum absolute atomic E-state index is 0.494. The molecule has 1 aromatic carbocycles. The molecule has 0 spiro atoms. The SMILES string of the molecule is Cc1ncc2ccccc2c1C1COC[C@H]1C. The molecule has 2 aromatic rings. The molecule has 0 radical (unpaired) electrons. The van der Waals surface area contributed by atoms with E-state index in [1.165, 1.54) is 16.3 Å². The zero-order valence-electron chi connectivity index (χ0n) is 10.3. The average molecular weight is 227 g/mol. The summed E-state index contributed by atoms with van der Waals surface area (Å²) in [6.45, 7) is 6.07. The lowest BCUT2D eigenvalue weighted by Crippen LogP contribution is -2.10. The second-order valence-electron chi connectivity index (χ2n) is 4.97. The van der Waals surface area contributed by atoms with Gasteiger partial charge in [0.1, 0.15) is 0 Å². The first-order chi connectivity index (χ1) is 8.27. The molecule has 1 saturated heterocycles. The van der Waals surface area contributed by atoms with Crippen molar-refractivity contribution in [3.05, 3.63) is 41.7 Å². The van der Waals surface area contributed by atoms with E-state index in [2.05, 4.69) is 43.1 Å². The Balaban J connectivity index is 2.23. The number of hydrogen-bond acceptors (Lipinski definition) is 2. The van der Waals surface area contributed by atoms with Gasteiger partial charge in [-0.3, -0.25) is 4.98 Å². The van der Waals surface area contributed by atoms with Crippen molar-refractivity contribution < 1.29 is 4.74 Å². The van der Waals surface area contributed by atoms with E-state index in [0.717, 1.165) is 18.9 Å². The third-order valence-electron chi connectivity index (χ3n) is 3.77. The van der Waals surface area contributed by atoms with Gasteiger partial charge in [0.05, 0.1) is 6.61 Å². The Bertz CT molecular complexity index is 550. The zero-order chi connectivity index (χ0) is 11.8. The molecule has 2 atom stereocenters. The van der Waals surface area contributed by atoms with Crippen LogP contribution < -0.4 is 0 Å². The number of ether oxygens (including phenoxy) is 1. The molecule has 1 aliphatic rings. The van der Waals surface area contributed by atoms with Gasteiger partial charge in [0.2, 0.25) is 0 Å². The Morgan fingerprint density at radius 1 is 1.24 bits per heavy atom. The predicted octanol–water partition coefficient (Wildman–Crippen LogP) is 3.29. The second kappa shape index (κ2) is 4.11. The van der Waals surface area contributed by atoms with Gasteiger partial charge in [-0.25, -0.2) is 0 Å². The number of pyridine rings is 1. The molecular formula is C15H17NO. The molecule has 1 fully saturated rings. The minimum atomic E-state index is 0.494. The van der Waals surface area contributed by atoms with Crippen molar-refractivity contribution in [2.45, 2.75) is 19.8 Å². The standard InChI is InChI=1S/C15H17NO/c1-10-8-17-9-14(10)15-11(2)16-7-12-5-3-4-6-13(12)15/h3-7,10,14H,8-9H2,1-2H3/t10-,14?/m1/s1. The second-order valence-corrected chi connectivity index (χ2v) is 4.97. The van der Waals surface area contributed by atoms with Gasteiger partial charge in [-0.2, -0.15) is 0 Å². The van der Waals surface area contributed by atoms with E-state index in [1.807, 2.05) is 6.20 Å². The molecule has 0 N–H and O–H groups in total. The van der Waals surface area contributed by atoms with Crippen molar-refractivity contribution in [1.29, 1.82) is 0 Å². The van der Waals surface area contributed by atoms with Gasteiger partial charge in [-0.15, -0.1) is 0 Å². The van der Waals surface area contributed by atoms with E-state index in [9.17, 15) is 0 Å². The van der Waals surface area contributed by atoms with Crippen LogP contribution in [-0.2, 0) is 4.74 Å². The first-order valence-electron chi connectivity index (χ1n) is 6.19. The van der Waals surface area contributed by atoms with Crippen LogP contribution in [0.15, 0.2) is 30.5 Å². The first-order valence-corrected chi connectivity index (χ1v) is 6.19. The van der Waals surface area contributed by atoms with Crippen LogP contribution in [-0.4, -0.2) is 18.2 Å². The number of aromatic nitrogens is 1. The van der Waals surface area contributed by atoms with E-state index in [4.69, 9.17) is 4.74 Å². The molecule has 0 bridgehead atoms. The van der Waals surface area contributed by atoms with Gasteiger partial charge in [0.25, 0.3) is 0 Å². The molecule has 0 saturated carbocycles. The van der Waals surface area contributed by atoms with Crippen LogP contribution in [0.1, 0.15) is 24.1 Å². The van der Waals surface area contributed by atoms with Crippen molar-refractivity contribution in [3.63, 3.8) is 0 Å². The summed E-state index contributed by atoms with van der Waals surface area (Å²) >= 11 is 0. The molecule has 0 amide bonds. The summed E-state index contributed by atoms with van der Waals surface area (Å²) in [7, 11) is 0. The van der Waals surface area contributed by atoms with Gasteiger partial charge in [-0.1, -0.05) is 31.2 Å². The summed E-state index contributed by atoms with van der Waals surface area (Å²) < 4.78 is 5.60. The van der Waals surface area contributed by atoms with Crippen molar-refractivity contribution in [3.8, 4) is 0 Å². The molecule has 17 heavy (non-hydrogen) atoms. The molecule has 0 aliphatic carbocycles. The van der Waals surface area contributed by atoms with Gasteiger partial charge in [0.15, 0.2) is 0 Å². The summed E-state index contributed by atoms with van der Waals surface area (Å²) in [4.78, 5) is 4.53. The number of nitrogens with zero attached hydrogens (tertiary/aromatic N) is 1. The molecule has 3 rings (SSSR count). The fraction of sp³-hybridized carbons (Fsp3) is 0.400. The van der Waals surface area contributed by atoms with Crippen LogP contribution in [0.5, 0.6) is 0 Å². The van der Waals surface area contributed by atoms with Crippen LogP contribution in [0.25, 0.3) is 10.8 Å². The van der Waals surface area contributed by atoms with Crippen LogP contribution in [0, 0.1) is 12.8 Å². The lowest BCUT2D eigenvalue weighted by molar-refractivity contribution is 0.186. The molecule has 1 unspecified atom stereocenters. The number of fused-ring (bicyclic) bond motifs is 1. The Kier molecular flexibility index (Phi) is 2.60. The molecule has 1 aromatic heterocycles. The molecule has 2 heterocycles. The zero-order valence-corrected chi connectivity index (χ0v) is 10.3. The monoisotopic (exact) mass is 227 g/mol. The Labute approximate surface area is 102 Å². The Hall–Kier alpha value is -1.41. The molecule has 88 valence electrons. The highest BCUT2D eigenvalue weighted by Gasteiger charge is 2.28. The van der Waals surface area contributed by atoms with E-state index in [-0.39, 0.29) is 0 Å². The number of hydrogen-bond donors (Lipinski definition) is 0. The van der Waals surface area contributed by atoms with E-state index in [1.54, 1.807) is 0 Å². The van der Waals surface area contributed by atoms with Gasteiger partial charge in [-0.05, 0) is 23.8 Å². The number of benzene rings is 1. The number of rotatable bonds is 1. The van der Waals surface area contributed by atoms with Gasteiger partial charge < -0.3 is 4.74 Å². The summed E-state index contributed by atoms with van der Waals surface area (Å²) in [5.74, 6) is 1.08. The van der Waals surface area contributed by atoms with Gasteiger partial charge in [0, 0.05) is 29.8 Å². The van der Waals surface area contributed by atoms with Crippen molar-refractivity contribution >= 4 is 10.8 Å². The molecular weight excluding hydrogens is 210 g/mol. The highest BCUT2D eigenvalue weighted by Crippen LogP contribution is 2.36. The fourth-order valence-corrected chi connectivity index (χ4v) is 2.78. The summed E-state index contributed by atoms with van der Waals surface area (Å²) in [6.07, 6.45) is 1.97. The first kappa shape index (κ1) is 10.7. The maximum Gasteiger partial charge on any atom is 0.0539 e. The van der Waals surface area contributed by atoms with E-state index < -0.39 is 0 Å².